The molecule has 0 amide bonds. The third kappa shape index (κ3) is 5.74. The molecule has 1 radical (unpaired) electrons. The maximum absolute atomic E-state index is 8.22. The Morgan fingerprint density at radius 2 is 2.55 bits per heavy atom. The summed E-state index contributed by atoms with van der Waals surface area (Å²) in [6, 6.07) is 0. The van der Waals surface area contributed by atoms with E-state index in [1.807, 2.05) is 5.75 Å². The third-order valence-corrected chi connectivity index (χ3v) is 1.89. The number of nitriles is 1. The SMILES string of the molecule is CCC[CH]S/C(=N/C#N)NC. The van der Waals surface area contributed by atoms with Crippen molar-refractivity contribution in [2.24, 2.45) is 4.99 Å². The van der Waals surface area contributed by atoms with E-state index in [0.717, 1.165) is 12.8 Å². The molecular weight excluding hydrogens is 158 g/mol. The second kappa shape index (κ2) is 7.42. The van der Waals surface area contributed by atoms with E-state index in [-0.39, 0.29) is 0 Å². The van der Waals surface area contributed by atoms with E-state index in [1.54, 1.807) is 13.2 Å². The number of amidine groups is 1. The van der Waals surface area contributed by atoms with Crippen molar-refractivity contribution in [3.8, 4) is 6.19 Å². The van der Waals surface area contributed by atoms with Crippen molar-refractivity contribution in [2.45, 2.75) is 19.8 Å². The molecule has 11 heavy (non-hydrogen) atoms. The monoisotopic (exact) mass is 170 g/mol. The molecule has 0 saturated carbocycles. The minimum atomic E-state index is 0.654. The normalized spacial score (nSPS) is 10.8. The van der Waals surface area contributed by atoms with Crippen LogP contribution in [0, 0.1) is 17.2 Å². The number of unbranched alkanes of at least 4 members (excludes halogenated alkanes) is 1. The van der Waals surface area contributed by atoms with Crippen molar-refractivity contribution >= 4 is 16.9 Å². The number of thioether (sulfide) groups is 1. The third-order valence-electron chi connectivity index (χ3n) is 0.967. The molecule has 0 aliphatic heterocycles. The molecule has 0 saturated heterocycles. The van der Waals surface area contributed by atoms with Crippen molar-refractivity contribution in [2.75, 3.05) is 7.05 Å². The van der Waals surface area contributed by atoms with E-state index in [2.05, 4.69) is 17.2 Å². The molecule has 1 N–H and O–H groups in total. The van der Waals surface area contributed by atoms with Crippen LogP contribution in [0.1, 0.15) is 19.8 Å². The lowest BCUT2D eigenvalue weighted by atomic mass is 10.4. The van der Waals surface area contributed by atoms with Crippen molar-refractivity contribution in [1.82, 2.24) is 5.32 Å². The maximum Gasteiger partial charge on any atom is 0.208 e. The molecule has 0 aromatic carbocycles. The zero-order chi connectivity index (χ0) is 8.53. The Morgan fingerprint density at radius 3 is 3.00 bits per heavy atom. The van der Waals surface area contributed by atoms with Gasteiger partial charge in [0.05, 0.1) is 0 Å². The van der Waals surface area contributed by atoms with Gasteiger partial charge in [-0.15, -0.1) is 4.99 Å². The van der Waals surface area contributed by atoms with Gasteiger partial charge in [0.2, 0.25) is 6.19 Å². The molecule has 0 heterocycles. The van der Waals surface area contributed by atoms with Gasteiger partial charge in [-0.2, -0.15) is 5.26 Å². The second-order valence-electron chi connectivity index (χ2n) is 1.84. The first-order chi connectivity index (χ1) is 5.35. The number of nitrogens with zero attached hydrogens (tertiary/aromatic N) is 2. The van der Waals surface area contributed by atoms with Crippen molar-refractivity contribution < 1.29 is 0 Å². The highest BCUT2D eigenvalue weighted by Crippen LogP contribution is 2.10. The van der Waals surface area contributed by atoms with Crippen molar-refractivity contribution in [1.29, 1.82) is 5.26 Å². The zero-order valence-corrected chi connectivity index (χ0v) is 7.61. The summed E-state index contributed by atoms with van der Waals surface area (Å²) in [5.74, 6) is 2.03. The lowest BCUT2D eigenvalue weighted by Gasteiger charge is -1.99. The van der Waals surface area contributed by atoms with Crippen LogP contribution in [-0.2, 0) is 0 Å². The fourth-order valence-electron chi connectivity index (χ4n) is 0.442. The minimum Gasteiger partial charge on any atom is -0.367 e. The lowest BCUT2D eigenvalue weighted by Crippen LogP contribution is -2.13. The van der Waals surface area contributed by atoms with E-state index in [4.69, 9.17) is 5.26 Å². The molecule has 0 bridgehead atoms. The average Bonchev–Trinajstić information content (AvgIpc) is 2.03. The summed E-state index contributed by atoms with van der Waals surface area (Å²) in [6.45, 7) is 2.11. The summed E-state index contributed by atoms with van der Waals surface area (Å²) in [6.07, 6.45) is 3.89. The summed E-state index contributed by atoms with van der Waals surface area (Å²) in [4.78, 5) is 3.56. The Bertz CT molecular complexity index is 160. The van der Waals surface area contributed by atoms with Crippen LogP contribution >= 0.6 is 11.8 Å². The standard InChI is InChI=1S/C7H12N3S/c1-3-4-5-11-7(9-2)10-6-8/h5H,3-4H2,1-2H3,(H,9,10). The van der Waals surface area contributed by atoms with Gasteiger partial charge in [-0.3, -0.25) is 0 Å². The van der Waals surface area contributed by atoms with Gasteiger partial charge < -0.3 is 5.32 Å². The van der Waals surface area contributed by atoms with Gasteiger partial charge in [0.1, 0.15) is 0 Å². The summed E-state index contributed by atoms with van der Waals surface area (Å²) < 4.78 is 0. The molecule has 4 heteroatoms. The van der Waals surface area contributed by atoms with Crippen molar-refractivity contribution in [3.05, 3.63) is 5.75 Å². The van der Waals surface area contributed by atoms with Crippen LogP contribution in [0.2, 0.25) is 0 Å². The van der Waals surface area contributed by atoms with Crippen LogP contribution in [-0.4, -0.2) is 12.2 Å². The topological polar surface area (TPSA) is 48.2 Å². The number of hydrogen-bond donors (Lipinski definition) is 1. The average molecular weight is 170 g/mol. The molecule has 0 aliphatic rings. The number of hydrogen-bond acceptors (Lipinski definition) is 3. The Kier molecular flexibility index (Phi) is 6.95. The fourth-order valence-corrected chi connectivity index (χ4v) is 1.17. The fraction of sp³-hybridized carbons (Fsp3) is 0.571. The minimum absolute atomic E-state index is 0.654. The van der Waals surface area contributed by atoms with E-state index in [1.165, 1.54) is 11.8 Å². The maximum atomic E-state index is 8.22. The van der Waals surface area contributed by atoms with Gasteiger partial charge in [-0.25, -0.2) is 0 Å². The van der Waals surface area contributed by atoms with E-state index in [9.17, 15) is 0 Å². The van der Waals surface area contributed by atoms with Gasteiger partial charge in [-0.05, 0) is 6.42 Å². The first kappa shape index (κ1) is 10.3. The molecule has 0 aliphatic carbocycles. The molecule has 0 fully saturated rings. The number of aliphatic imine (C=N–C) groups is 1. The predicted molar refractivity (Wildman–Crippen MR) is 48.9 cm³/mol. The number of nitrogens with one attached hydrogen (secondary N) is 1. The van der Waals surface area contributed by atoms with Crippen LogP contribution in [0.3, 0.4) is 0 Å². The highest BCUT2D eigenvalue weighted by molar-refractivity contribution is 8.15. The quantitative estimate of drug-likeness (QED) is 0.304. The Labute approximate surface area is 71.9 Å². The van der Waals surface area contributed by atoms with Crippen LogP contribution in [0.15, 0.2) is 4.99 Å². The Hall–Kier alpha value is -0.690. The van der Waals surface area contributed by atoms with Crippen LogP contribution < -0.4 is 5.32 Å². The molecule has 0 aromatic rings. The van der Waals surface area contributed by atoms with E-state index >= 15 is 0 Å². The van der Waals surface area contributed by atoms with E-state index in [0.29, 0.717) is 5.17 Å². The smallest absolute Gasteiger partial charge is 0.208 e. The van der Waals surface area contributed by atoms with Gasteiger partial charge in [-0.1, -0.05) is 25.1 Å². The second-order valence-corrected chi connectivity index (χ2v) is 2.80. The molecule has 3 nitrogen and oxygen atoms in total. The predicted octanol–water partition coefficient (Wildman–Crippen LogP) is 1.74. The van der Waals surface area contributed by atoms with Gasteiger partial charge in [0, 0.05) is 12.8 Å². The highest BCUT2D eigenvalue weighted by atomic mass is 32.2. The molecular formula is C7H12N3S. The zero-order valence-electron chi connectivity index (χ0n) is 6.79. The summed E-state index contributed by atoms with van der Waals surface area (Å²) in [7, 11) is 1.75. The molecule has 61 valence electrons. The van der Waals surface area contributed by atoms with Gasteiger partial charge in [0.15, 0.2) is 5.17 Å². The lowest BCUT2D eigenvalue weighted by molar-refractivity contribution is 0.945. The van der Waals surface area contributed by atoms with Crippen LogP contribution in [0.4, 0.5) is 0 Å². The first-order valence-corrected chi connectivity index (χ1v) is 4.36. The van der Waals surface area contributed by atoms with Crippen molar-refractivity contribution in [3.63, 3.8) is 0 Å². The molecule has 0 unspecified atom stereocenters. The number of rotatable bonds is 3. The van der Waals surface area contributed by atoms with Crippen LogP contribution in [0.25, 0.3) is 0 Å². The molecule has 0 aromatic heterocycles. The summed E-state index contributed by atoms with van der Waals surface area (Å²) in [5, 5.41) is 11.7. The van der Waals surface area contributed by atoms with Crippen LogP contribution in [0.5, 0.6) is 0 Å². The van der Waals surface area contributed by atoms with E-state index < -0.39 is 0 Å². The molecule has 0 rings (SSSR count). The summed E-state index contributed by atoms with van der Waals surface area (Å²) >= 11 is 1.46. The largest absolute Gasteiger partial charge is 0.367 e. The first-order valence-electron chi connectivity index (χ1n) is 3.48. The Morgan fingerprint density at radius 1 is 1.82 bits per heavy atom. The van der Waals surface area contributed by atoms with Gasteiger partial charge in [0.25, 0.3) is 0 Å². The summed E-state index contributed by atoms with van der Waals surface area (Å²) in [5.41, 5.74) is 0. The molecule has 0 spiro atoms. The van der Waals surface area contributed by atoms with Gasteiger partial charge >= 0.3 is 0 Å². The Balaban J connectivity index is 3.55. The molecule has 0 atom stereocenters. The highest BCUT2D eigenvalue weighted by Gasteiger charge is 1.95.